The Hall–Kier alpha value is -4.66. The molecule has 4 heterocycles. The SMILES string of the molecule is C[C@@]12C=CCN(Cc3ccccc3)C(=O)[C@@H]1[C@H]1C(=O)N([C@@H](CO)Cc3ccccc3)C3C(=O)N(c4ccc5ccccc5c4)CC=C[C@@]31S2. The highest BCUT2D eigenvalue weighted by Gasteiger charge is 2.74. The first-order valence-corrected chi connectivity index (χ1v) is 17.8. The smallest absolute Gasteiger partial charge is 0.251 e. The van der Waals surface area contributed by atoms with Crippen LogP contribution in [-0.4, -0.2) is 73.9 Å². The lowest BCUT2D eigenvalue weighted by molar-refractivity contribution is -0.145. The zero-order chi connectivity index (χ0) is 33.8. The van der Waals surface area contributed by atoms with Crippen LogP contribution in [0.4, 0.5) is 5.69 Å². The zero-order valence-corrected chi connectivity index (χ0v) is 28.2. The molecule has 4 aliphatic heterocycles. The number of aliphatic hydroxyl groups excluding tert-OH is 1. The number of anilines is 1. The van der Waals surface area contributed by atoms with Gasteiger partial charge in [0.2, 0.25) is 11.8 Å². The lowest BCUT2D eigenvalue weighted by atomic mass is 9.74. The van der Waals surface area contributed by atoms with Crippen molar-refractivity contribution in [1.29, 1.82) is 0 Å². The summed E-state index contributed by atoms with van der Waals surface area (Å²) in [5.74, 6) is -2.02. The van der Waals surface area contributed by atoms with E-state index in [-0.39, 0.29) is 24.3 Å². The normalized spacial score (nSPS) is 28.3. The van der Waals surface area contributed by atoms with Crippen LogP contribution in [0.25, 0.3) is 10.8 Å². The van der Waals surface area contributed by atoms with E-state index in [2.05, 4.69) is 6.08 Å². The topological polar surface area (TPSA) is 81.2 Å². The fourth-order valence-corrected chi connectivity index (χ4v) is 10.7. The van der Waals surface area contributed by atoms with E-state index in [9.17, 15) is 9.90 Å². The maximum atomic E-state index is 15.2. The van der Waals surface area contributed by atoms with E-state index < -0.39 is 33.4 Å². The van der Waals surface area contributed by atoms with Crippen LogP contribution in [0, 0.1) is 11.8 Å². The van der Waals surface area contributed by atoms with Crippen LogP contribution < -0.4 is 4.90 Å². The molecule has 8 heteroatoms. The molecule has 4 aromatic rings. The number of hydrogen-bond donors (Lipinski definition) is 1. The van der Waals surface area contributed by atoms with Crippen LogP contribution in [0.3, 0.4) is 0 Å². The van der Waals surface area contributed by atoms with Gasteiger partial charge >= 0.3 is 0 Å². The summed E-state index contributed by atoms with van der Waals surface area (Å²) in [4.78, 5) is 50.3. The molecule has 0 bridgehead atoms. The highest BCUT2D eigenvalue weighted by atomic mass is 32.2. The third kappa shape index (κ3) is 5.20. The standard InChI is InChI=1S/C41H39N3O4S/c1-40-20-10-22-42(26-29-14-6-3-7-15-29)37(46)34(40)35-38(47)44(33(27-45)24-28-12-4-2-5-13-28)36-39(48)43(23-11-21-41(35,36)49-40)32-19-18-30-16-8-9-17-31(30)25-32/h2-21,25,33-36,45H,22-24,26-27H2,1H3/t33-,34+,35+,36?,40-,41+/m1/s1. The molecule has 248 valence electrons. The fourth-order valence-electron chi connectivity index (χ4n) is 8.56. The van der Waals surface area contributed by atoms with Crippen LogP contribution in [0.5, 0.6) is 0 Å². The van der Waals surface area contributed by atoms with Gasteiger partial charge < -0.3 is 19.8 Å². The van der Waals surface area contributed by atoms with Crippen LogP contribution in [0.15, 0.2) is 127 Å². The molecule has 4 aromatic carbocycles. The highest BCUT2D eigenvalue weighted by Crippen LogP contribution is 2.66. The summed E-state index contributed by atoms with van der Waals surface area (Å²) >= 11 is 1.57. The quantitative estimate of drug-likeness (QED) is 0.258. The van der Waals surface area contributed by atoms with Crippen molar-refractivity contribution in [1.82, 2.24) is 9.80 Å². The first-order chi connectivity index (χ1) is 23.8. The van der Waals surface area contributed by atoms with Gasteiger partial charge in [0.05, 0.1) is 29.2 Å². The summed E-state index contributed by atoms with van der Waals surface area (Å²) in [5.41, 5.74) is 2.73. The molecule has 4 aliphatic rings. The number of carbonyl (C=O) groups is 3. The van der Waals surface area contributed by atoms with Gasteiger partial charge in [0, 0.05) is 30.1 Å². The molecule has 2 fully saturated rings. The summed E-state index contributed by atoms with van der Waals surface area (Å²) in [6.45, 7) is 2.94. The Kier molecular flexibility index (Phi) is 7.96. The van der Waals surface area contributed by atoms with Crippen molar-refractivity contribution in [3.8, 4) is 0 Å². The number of amides is 3. The molecular weight excluding hydrogens is 631 g/mol. The minimum Gasteiger partial charge on any atom is -0.394 e. The Bertz CT molecular complexity index is 1980. The number of nitrogens with zero attached hydrogens (tertiary/aromatic N) is 3. The molecule has 1 N–H and O–H groups in total. The Balaban J connectivity index is 1.24. The minimum absolute atomic E-state index is 0.0835. The molecule has 0 saturated carbocycles. The van der Waals surface area contributed by atoms with Gasteiger partial charge in [-0.05, 0) is 47.4 Å². The second-order valence-corrected chi connectivity index (χ2v) is 15.5. The van der Waals surface area contributed by atoms with Gasteiger partial charge in [-0.25, -0.2) is 0 Å². The molecule has 3 amide bonds. The Labute approximate surface area is 290 Å². The van der Waals surface area contributed by atoms with E-state index in [0.29, 0.717) is 26.1 Å². The van der Waals surface area contributed by atoms with E-state index in [1.54, 1.807) is 21.6 Å². The van der Waals surface area contributed by atoms with Gasteiger partial charge in [-0.3, -0.25) is 14.4 Å². The van der Waals surface area contributed by atoms with Gasteiger partial charge in [0.25, 0.3) is 5.91 Å². The average Bonchev–Trinajstić information content (AvgIpc) is 3.40. The van der Waals surface area contributed by atoms with Crippen LogP contribution in [-0.2, 0) is 27.3 Å². The van der Waals surface area contributed by atoms with Crippen molar-refractivity contribution < 1.29 is 19.5 Å². The van der Waals surface area contributed by atoms with Gasteiger partial charge in [-0.1, -0.05) is 115 Å². The molecule has 1 unspecified atom stereocenters. The van der Waals surface area contributed by atoms with E-state index in [4.69, 9.17) is 0 Å². The highest BCUT2D eigenvalue weighted by molar-refractivity contribution is 8.02. The van der Waals surface area contributed by atoms with Gasteiger partial charge in [-0.15, -0.1) is 11.8 Å². The zero-order valence-electron chi connectivity index (χ0n) is 27.4. The number of hydrogen-bond acceptors (Lipinski definition) is 5. The summed E-state index contributed by atoms with van der Waals surface area (Å²) in [6, 6.07) is 32.1. The molecule has 1 spiro atoms. The summed E-state index contributed by atoms with van der Waals surface area (Å²) in [5, 5.41) is 13.0. The van der Waals surface area contributed by atoms with Gasteiger partial charge in [0.15, 0.2) is 0 Å². The number of thioether (sulfide) groups is 1. The molecule has 6 atom stereocenters. The van der Waals surface area contributed by atoms with Crippen molar-refractivity contribution in [2.75, 3.05) is 24.6 Å². The van der Waals surface area contributed by atoms with Crippen molar-refractivity contribution in [2.45, 2.75) is 41.5 Å². The number of rotatable bonds is 7. The fraction of sp³-hybridized carbons (Fsp3) is 0.293. The Morgan fingerprint density at radius 1 is 0.755 bits per heavy atom. The Morgan fingerprint density at radius 2 is 1.43 bits per heavy atom. The lowest BCUT2D eigenvalue weighted by Gasteiger charge is -2.40. The maximum absolute atomic E-state index is 15.2. The number of benzene rings is 4. The number of likely N-dealkylation sites (tertiary alicyclic amines) is 1. The van der Waals surface area contributed by atoms with Crippen molar-refractivity contribution >= 4 is 45.9 Å². The van der Waals surface area contributed by atoms with Crippen molar-refractivity contribution in [3.63, 3.8) is 0 Å². The molecule has 0 radical (unpaired) electrons. The number of aliphatic hydroxyl groups is 1. The predicted octanol–water partition coefficient (Wildman–Crippen LogP) is 5.63. The molecule has 2 saturated heterocycles. The molecule has 0 aromatic heterocycles. The summed E-state index contributed by atoms with van der Waals surface area (Å²) in [7, 11) is 0. The Morgan fingerprint density at radius 3 is 2.16 bits per heavy atom. The first kappa shape index (κ1) is 31.6. The van der Waals surface area contributed by atoms with Crippen molar-refractivity contribution in [3.05, 3.63) is 139 Å². The van der Waals surface area contributed by atoms with Gasteiger partial charge in [0.1, 0.15) is 6.04 Å². The molecule has 49 heavy (non-hydrogen) atoms. The number of carbonyl (C=O) groups excluding carboxylic acids is 3. The second-order valence-electron chi connectivity index (χ2n) is 13.8. The molecule has 0 aliphatic carbocycles. The monoisotopic (exact) mass is 669 g/mol. The van der Waals surface area contributed by atoms with Crippen LogP contribution >= 0.6 is 11.8 Å². The first-order valence-electron chi connectivity index (χ1n) is 17.0. The summed E-state index contributed by atoms with van der Waals surface area (Å²) in [6.07, 6.45) is 8.56. The van der Waals surface area contributed by atoms with Crippen LogP contribution in [0.1, 0.15) is 18.1 Å². The summed E-state index contributed by atoms with van der Waals surface area (Å²) < 4.78 is -1.73. The van der Waals surface area contributed by atoms with Gasteiger partial charge in [-0.2, -0.15) is 0 Å². The molecule has 7 nitrogen and oxygen atoms in total. The maximum Gasteiger partial charge on any atom is 0.251 e. The van der Waals surface area contributed by atoms with Crippen LogP contribution in [0.2, 0.25) is 0 Å². The lowest BCUT2D eigenvalue weighted by Crippen LogP contribution is -2.57. The number of fused-ring (bicyclic) bond motifs is 3. The largest absolute Gasteiger partial charge is 0.394 e. The van der Waals surface area contributed by atoms with E-state index in [1.165, 1.54) is 0 Å². The second kappa shape index (κ2) is 12.3. The van der Waals surface area contributed by atoms with E-state index >= 15 is 9.59 Å². The van der Waals surface area contributed by atoms with E-state index in [1.807, 2.05) is 133 Å². The third-order valence-electron chi connectivity index (χ3n) is 10.8. The molecule has 8 rings (SSSR count). The average molecular weight is 670 g/mol. The third-order valence-corrected chi connectivity index (χ3v) is 12.6. The molecular formula is C41H39N3O4S. The van der Waals surface area contributed by atoms with E-state index in [0.717, 1.165) is 27.6 Å². The van der Waals surface area contributed by atoms with Crippen molar-refractivity contribution in [2.24, 2.45) is 11.8 Å². The minimum atomic E-state index is -1.01. The predicted molar refractivity (Wildman–Crippen MR) is 194 cm³/mol.